The lowest BCUT2D eigenvalue weighted by atomic mass is 10.2. The molecule has 146 valence electrons. The Morgan fingerprint density at radius 2 is 2.00 bits per heavy atom. The Bertz CT molecular complexity index is 904. The van der Waals surface area contributed by atoms with Gasteiger partial charge in [0, 0.05) is 19.0 Å². The molecule has 1 amide bonds. The lowest BCUT2D eigenvalue weighted by Gasteiger charge is -2.21. The zero-order chi connectivity index (χ0) is 19.3. The minimum atomic E-state index is 0.0591. The van der Waals surface area contributed by atoms with Gasteiger partial charge < -0.3 is 13.9 Å². The summed E-state index contributed by atoms with van der Waals surface area (Å²) >= 11 is 1.46. The van der Waals surface area contributed by atoms with Crippen LogP contribution in [0.4, 0.5) is 0 Å². The van der Waals surface area contributed by atoms with Gasteiger partial charge in [0.05, 0.1) is 18.6 Å². The third-order valence-electron chi connectivity index (χ3n) is 4.82. The first-order chi connectivity index (χ1) is 13.7. The molecule has 1 aromatic carbocycles. The Kier molecular flexibility index (Phi) is 5.81. The second-order valence-electron chi connectivity index (χ2n) is 6.96. The van der Waals surface area contributed by atoms with Crippen LogP contribution in [-0.2, 0) is 24.4 Å². The molecule has 28 heavy (non-hydrogen) atoms. The van der Waals surface area contributed by atoms with Crippen molar-refractivity contribution in [3.63, 3.8) is 0 Å². The van der Waals surface area contributed by atoms with E-state index in [1.165, 1.54) is 24.6 Å². The fourth-order valence-corrected chi connectivity index (χ4v) is 4.10. The Morgan fingerprint density at radius 3 is 2.68 bits per heavy atom. The molecule has 7 heteroatoms. The molecule has 6 nitrogen and oxygen atoms in total. The largest absolute Gasteiger partial charge is 0.467 e. The number of nitrogens with zero attached hydrogens (tertiary/aromatic N) is 4. The maximum absolute atomic E-state index is 13.0. The van der Waals surface area contributed by atoms with Crippen LogP contribution >= 0.6 is 11.8 Å². The second kappa shape index (κ2) is 8.65. The minimum Gasteiger partial charge on any atom is -0.467 e. The molecule has 0 saturated heterocycles. The summed E-state index contributed by atoms with van der Waals surface area (Å²) in [5.74, 6) is 2.78. The van der Waals surface area contributed by atoms with Gasteiger partial charge in [-0.25, -0.2) is 0 Å². The number of hydrogen-bond donors (Lipinski definition) is 0. The van der Waals surface area contributed by atoms with E-state index in [9.17, 15) is 4.79 Å². The molecule has 0 N–H and O–H groups in total. The molecule has 1 saturated carbocycles. The summed E-state index contributed by atoms with van der Waals surface area (Å²) in [6.07, 6.45) is 4.02. The molecule has 1 aliphatic rings. The van der Waals surface area contributed by atoms with Crippen molar-refractivity contribution in [2.45, 2.75) is 50.5 Å². The maximum Gasteiger partial charge on any atom is 0.233 e. The van der Waals surface area contributed by atoms with Crippen molar-refractivity contribution in [2.75, 3.05) is 5.75 Å². The number of amides is 1. The highest BCUT2D eigenvalue weighted by atomic mass is 32.2. The summed E-state index contributed by atoms with van der Waals surface area (Å²) in [5.41, 5.74) is 1.10. The maximum atomic E-state index is 13.0. The van der Waals surface area contributed by atoms with Crippen molar-refractivity contribution in [3.05, 3.63) is 65.9 Å². The van der Waals surface area contributed by atoms with Gasteiger partial charge in [0.1, 0.15) is 11.6 Å². The number of hydrogen-bond acceptors (Lipinski definition) is 5. The highest BCUT2D eigenvalue weighted by Crippen LogP contribution is 2.40. The standard InChI is InChI=1S/C21H24N4O2S/c1-2-25-20(17-10-11-17)22-23-21(25)28-15-19(26)24(14-18-9-6-12-27-18)13-16-7-4-3-5-8-16/h3-9,12,17H,2,10-11,13-15H2,1H3. The molecule has 1 aliphatic carbocycles. The highest BCUT2D eigenvalue weighted by Gasteiger charge is 2.30. The number of aromatic nitrogens is 3. The highest BCUT2D eigenvalue weighted by molar-refractivity contribution is 7.99. The van der Waals surface area contributed by atoms with Crippen LogP contribution in [0.5, 0.6) is 0 Å². The van der Waals surface area contributed by atoms with Gasteiger partial charge in [0.15, 0.2) is 5.16 Å². The first-order valence-corrected chi connectivity index (χ1v) is 10.6. The van der Waals surface area contributed by atoms with Gasteiger partial charge in [-0.05, 0) is 37.5 Å². The molecule has 2 aromatic heterocycles. The smallest absolute Gasteiger partial charge is 0.233 e. The number of rotatable bonds is 9. The van der Waals surface area contributed by atoms with E-state index in [2.05, 4.69) is 21.7 Å². The van der Waals surface area contributed by atoms with Crippen LogP contribution < -0.4 is 0 Å². The summed E-state index contributed by atoms with van der Waals surface area (Å²) in [7, 11) is 0. The molecule has 0 radical (unpaired) electrons. The van der Waals surface area contributed by atoms with E-state index in [1.54, 1.807) is 6.26 Å². The number of thioether (sulfide) groups is 1. The van der Waals surface area contributed by atoms with Crippen LogP contribution in [0.3, 0.4) is 0 Å². The number of carbonyl (C=O) groups excluding carboxylic acids is 1. The molecule has 0 spiro atoms. The summed E-state index contributed by atoms with van der Waals surface area (Å²) in [5, 5.41) is 9.51. The Labute approximate surface area is 168 Å². The third kappa shape index (κ3) is 4.47. The Hall–Kier alpha value is -2.54. The average molecular weight is 397 g/mol. The molecule has 0 bridgehead atoms. The molecule has 0 atom stereocenters. The van der Waals surface area contributed by atoms with Gasteiger partial charge in [-0.2, -0.15) is 0 Å². The van der Waals surface area contributed by atoms with Crippen LogP contribution in [0.2, 0.25) is 0 Å². The quantitative estimate of drug-likeness (QED) is 0.510. The first kappa shape index (κ1) is 18.8. The van der Waals surface area contributed by atoms with Gasteiger partial charge in [-0.3, -0.25) is 4.79 Å². The van der Waals surface area contributed by atoms with Crippen molar-refractivity contribution in [3.8, 4) is 0 Å². The summed E-state index contributed by atoms with van der Waals surface area (Å²) < 4.78 is 7.60. The summed E-state index contributed by atoms with van der Waals surface area (Å²) in [4.78, 5) is 14.8. The van der Waals surface area contributed by atoms with E-state index >= 15 is 0 Å². The van der Waals surface area contributed by atoms with E-state index in [4.69, 9.17) is 4.42 Å². The average Bonchev–Trinajstić information content (AvgIpc) is 3.27. The zero-order valence-corrected chi connectivity index (χ0v) is 16.8. The van der Waals surface area contributed by atoms with Crippen molar-refractivity contribution in [1.29, 1.82) is 0 Å². The molecule has 0 aliphatic heterocycles. The van der Waals surface area contributed by atoms with Crippen molar-refractivity contribution in [1.82, 2.24) is 19.7 Å². The van der Waals surface area contributed by atoms with Crippen molar-refractivity contribution < 1.29 is 9.21 Å². The topological polar surface area (TPSA) is 64.2 Å². The number of benzene rings is 1. The monoisotopic (exact) mass is 396 g/mol. The fourth-order valence-electron chi connectivity index (χ4n) is 3.19. The van der Waals surface area contributed by atoms with E-state index in [-0.39, 0.29) is 5.91 Å². The van der Waals surface area contributed by atoms with Crippen molar-refractivity contribution in [2.24, 2.45) is 0 Å². The van der Waals surface area contributed by atoms with E-state index in [0.717, 1.165) is 28.8 Å². The first-order valence-electron chi connectivity index (χ1n) is 9.64. The molecule has 4 rings (SSSR count). The van der Waals surface area contributed by atoms with Gasteiger partial charge in [-0.15, -0.1) is 10.2 Å². The SMILES string of the molecule is CCn1c(SCC(=O)N(Cc2ccccc2)Cc2ccco2)nnc1C1CC1. The number of furan rings is 1. The molecule has 0 unspecified atom stereocenters. The van der Waals surface area contributed by atoms with E-state index in [1.807, 2.05) is 47.4 Å². The zero-order valence-electron chi connectivity index (χ0n) is 16.0. The van der Waals surface area contributed by atoms with Crippen LogP contribution in [0.15, 0.2) is 58.3 Å². The van der Waals surface area contributed by atoms with Crippen LogP contribution in [-0.4, -0.2) is 31.3 Å². The number of carbonyl (C=O) groups is 1. The van der Waals surface area contributed by atoms with E-state index < -0.39 is 0 Å². The van der Waals surface area contributed by atoms with E-state index in [0.29, 0.717) is 24.8 Å². The van der Waals surface area contributed by atoms with Crippen LogP contribution in [0, 0.1) is 0 Å². The van der Waals surface area contributed by atoms with Gasteiger partial charge in [-0.1, -0.05) is 42.1 Å². The second-order valence-corrected chi connectivity index (χ2v) is 7.91. The molecular weight excluding hydrogens is 372 g/mol. The molecule has 3 aromatic rings. The lowest BCUT2D eigenvalue weighted by Crippen LogP contribution is -2.31. The normalized spacial score (nSPS) is 13.6. The van der Waals surface area contributed by atoms with Crippen molar-refractivity contribution >= 4 is 17.7 Å². The van der Waals surface area contributed by atoms with Gasteiger partial charge in [0.2, 0.25) is 5.91 Å². The predicted molar refractivity (Wildman–Crippen MR) is 108 cm³/mol. The summed E-state index contributed by atoms with van der Waals surface area (Å²) in [6.45, 7) is 3.93. The molecule has 1 fully saturated rings. The Morgan fingerprint density at radius 1 is 1.18 bits per heavy atom. The minimum absolute atomic E-state index is 0.0591. The predicted octanol–water partition coefficient (Wildman–Crippen LogP) is 4.09. The fraction of sp³-hybridized carbons (Fsp3) is 0.381. The van der Waals surface area contributed by atoms with Gasteiger partial charge in [0.25, 0.3) is 0 Å². The Balaban J connectivity index is 1.44. The van der Waals surface area contributed by atoms with Crippen LogP contribution in [0.25, 0.3) is 0 Å². The lowest BCUT2D eigenvalue weighted by molar-refractivity contribution is -0.129. The third-order valence-corrected chi connectivity index (χ3v) is 5.78. The van der Waals surface area contributed by atoms with Crippen LogP contribution in [0.1, 0.15) is 42.8 Å². The van der Waals surface area contributed by atoms with Gasteiger partial charge >= 0.3 is 0 Å². The molecule has 2 heterocycles. The summed E-state index contributed by atoms with van der Waals surface area (Å²) in [6, 6.07) is 13.8. The molecular formula is C21H24N4O2S.